The molecule has 7 nitrogen and oxygen atoms in total. The van der Waals surface area contributed by atoms with E-state index in [1.807, 2.05) is 0 Å². The standard InChI is InChI=1S/C17H12BrCl2N5O2/c18-10-3-1-9(2-4-10)15(26)13-11(19)5-8(6-12(13)20)7-25-16(21)14(17(22)27)23-24-25/h1-6H,7,21H2,(H2,22,27). The molecule has 10 heteroatoms. The summed E-state index contributed by atoms with van der Waals surface area (Å²) in [6, 6.07) is 10.0. The van der Waals surface area contributed by atoms with Gasteiger partial charge >= 0.3 is 0 Å². The van der Waals surface area contributed by atoms with Crippen molar-refractivity contribution in [1.82, 2.24) is 15.0 Å². The van der Waals surface area contributed by atoms with Gasteiger partial charge in [0.05, 0.1) is 22.2 Å². The lowest BCUT2D eigenvalue weighted by Crippen LogP contribution is -2.15. The zero-order chi connectivity index (χ0) is 19.7. The maximum atomic E-state index is 12.7. The number of primary amides is 1. The van der Waals surface area contributed by atoms with Gasteiger partial charge < -0.3 is 11.5 Å². The van der Waals surface area contributed by atoms with E-state index < -0.39 is 5.91 Å². The second kappa shape index (κ2) is 7.67. The number of ketones is 1. The first-order chi connectivity index (χ1) is 12.8. The summed E-state index contributed by atoms with van der Waals surface area (Å²) in [7, 11) is 0. The van der Waals surface area contributed by atoms with Crippen molar-refractivity contribution in [2.45, 2.75) is 6.54 Å². The Bertz CT molecular complexity index is 1030. The fourth-order valence-electron chi connectivity index (χ4n) is 2.47. The van der Waals surface area contributed by atoms with E-state index in [1.54, 1.807) is 36.4 Å². The number of benzene rings is 2. The molecular formula is C17H12BrCl2N5O2. The largest absolute Gasteiger partial charge is 0.382 e. The van der Waals surface area contributed by atoms with Gasteiger partial charge in [0.25, 0.3) is 5.91 Å². The summed E-state index contributed by atoms with van der Waals surface area (Å²) >= 11 is 15.9. The van der Waals surface area contributed by atoms with Gasteiger partial charge in [0.15, 0.2) is 17.3 Å². The van der Waals surface area contributed by atoms with Crippen LogP contribution in [0.4, 0.5) is 5.82 Å². The summed E-state index contributed by atoms with van der Waals surface area (Å²) in [6.07, 6.45) is 0. The predicted molar refractivity (Wildman–Crippen MR) is 106 cm³/mol. The van der Waals surface area contributed by atoms with Crippen molar-refractivity contribution in [3.63, 3.8) is 0 Å². The van der Waals surface area contributed by atoms with Crippen molar-refractivity contribution >= 4 is 56.6 Å². The number of carbonyl (C=O) groups excluding carboxylic acids is 2. The highest BCUT2D eigenvalue weighted by atomic mass is 79.9. The number of hydrogen-bond donors (Lipinski definition) is 2. The average molecular weight is 469 g/mol. The fourth-order valence-corrected chi connectivity index (χ4v) is 3.43. The van der Waals surface area contributed by atoms with Crippen LogP contribution in [0.15, 0.2) is 40.9 Å². The van der Waals surface area contributed by atoms with Crippen molar-refractivity contribution < 1.29 is 9.59 Å². The highest BCUT2D eigenvalue weighted by Gasteiger charge is 2.19. The molecule has 27 heavy (non-hydrogen) atoms. The number of nitrogens with zero attached hydrogens (tertiary/aromatic N) is 3. The minimum absolute atomic E-state index is 0.0322. The number of anilines is 1. The van der Waals surface area contributed by atoms with E-state index in [4.69, 9.17) is 34.7 Å². The van der Waals surface area contributed by atoms with E-state index in [1.165, 1.54) is 4.68 Å². The van der Waals surface area contributed by atoms with Gasteiger partial charge in [0.1, 0.15) is 0 Å². The Morgan fingerprint density at radius 2 is 1.70 bits per heavy atom. The molecule has 0 bridgehead atoms. The molecule has 1 heterocycles. The molecule has 0 atom stereocenters. The second-order valence-corrected chi connectivity index (χ2v) is 7.35. The molecule has 1 amide bonds. The number of carbonyl (C=O) groups is 2. The lowest BCUT2D eigenvalue weighted by atomic mass is 10.0. The third kappa shape index (κ3) is 3.97. The molecule has 0 aliphatic carbocycles. The molecule has 3 aromatic rings. The normalized spacial score (nSPS) is 10.8. The summed E-state index contributed by atoms with van der Waals surface area (Å²) < 4.78 is 2.14. The van der Waals surface area contributed by atoms with Crippen LogP contribution in [0.2, 0.25) is 10.0 Å². The quantitative estimate of drug-likeness (QED) is 0.557. The molecule has 3 rings (SSSR count). The predicted octanol–water partition coefficient (Wildman–Crippen LogP) is 3.31. The minimum atomic E-state index is -0.773. The number of nitrogens with two attached hydrogens (primary N) is 2. The second-order valence-electron chi connectivity index (χ2n) is 5.62. The number of hydrogen-bond acceptors (Lipinski definition) is 5. The summed E-state index contributed by atoms with van der Waals surface area (Å²) in [6.45, 7) is 0.151. The molecular weight excluding hydrogens is 457 g/mol. The monoisotopic (exact) mass is 467 g/mol. The number of rotatable bonds is 5. The van der Waals surface area contributed by atoms with Crippen LogP contribution in [-0.2, 0) is 6.54 Å². The Morgan fingerprint density at radius 1 is 1.11 bits per heavy atom. The van der Waals surface area contributed by atoms with Gasteiger partial charge in [0, 0.05) is 10.0 Å². The van der Waals surface area contributed by atoms with Gasteiger partial charge in [-0.1, -0.05) is 44.3 Å². The third-order valence-electron chi connectivity index (χ3n) is 3.77. The maximum Gasteiger partial charge on any atom is 0.273 e. The van der Waals surface area contributed by atoms with Crippen molar-refractivity contribution in [2.24, 2.45) is 5.73 Å². The van der Waals surface area contributed by atoms with Gasteiger partial charge in [-0.15, -0.1) is 5.10 Å². The van der Waals surface area contributed by atoms with Crippen molar-refractivity contribution in [2.75, 3.05) is 5.73 Å². The first-order valence-corrected chi connectivity index (χ1v) is 9.09. The van der Waals surface area contributed by atoms with Crippen molar-refractivity contribution in [1.29, 1.82) is 0 Å². The van der Waals surface area contributed by atoms with Crippen LogP contribution in [0, 0.1) is 0 Å². The summed E-state index contributed by atoms with van der Waals surface area (Å²) in [5.74, 6) is -1.03. The Kier molecular flexibility index (Phi) is 5.50. The third-order valence-corrected chi connectivity index (χ3v) is 4.90. The van der Waals surface area contributed by atoms with Gasteiger partial charge in [-0.3, -0.25) is 9.59 Å². The molecule has 0 saturated carbocycles. The number of amides is 1. The molecule has 0 spiro atoms. The van der Waals surface area contributed by atoms with Crippen LogP contribution >= 0.6 is 39.1 Å². The summed E-state index contributed by atoms with van der Waals surface area (Å²) in [5.41, 5.74) is 12.2. The molecule has 0 fully saturated rings. The summed E-state index contributed by atoms with van der Waals surface area (Å²) in [4.78, 5) is 23.9. The minimum Gasteiger partial charge on any atom is -0.382 e. The smallest absolute Gasteiger partial charge is 0.273 e. The number of halogens is 3. The van der Waals surface area contributed by atoms with Crippen LogP contribution in [-0.4, -0.2) is 26.7 Å². The van der Waals surface area contributed by atoms with Crippen molar-refractivity contribution in [3.8, 4) is 0 Å². The zero-order valence-corrected chi connectivity index (χ0v) is 16.7. The van der Waals surface area contributed by atoms with Gasteiger partial charge in [-0.05, 0) is 42.0 Å². The molecule has 1 aromatic heterocycles. The van der Waals surface area contributed by atoms with E-state index in [-0.39, 0.29) is 39.4 Å². The van der Waals surface area contributed by atoms with Crippen LogP contribution in [0.25, 0.3) is 0 Å². The Hall–Kier alpha value is -2.42. The van der Waals surface area contributed by atoms with E-state index in [0.29, 0.717) is 11.1 Å². The summed E-state index contributed by atoms with van der Waals surface area (Å²) in [5, 5.41) is 7.81. The van der Waals surface area contributed by atoms with Crippen LogP contribution in [0.5, 0.6) is 0 Å². The SMILES string of the molecule is NC(=O)c1nnn(Cc2cc(Cl)c(C(=O)c3ccc(Br)cc3)c(Cl)c2)c1N. The van der Waals surface area contributed by atoms with E-state index >= 15 is 0 Å². The molecule has 0 saturated heterocycles. The Labute approximate surface area is 172 Å². The highest BCUT2D eigenvalue weighted by molar-refractivity contribution is 9.10. The fraction of sp³-hybridized carbons (Fsp3) is 0.0588. The Morgan fingerprint density at radius 3 is 2.22 bits per heavy atom. The van der Waals surface area contributed by atoms with Crippen LogP contribution in [0.3, 0.4) is 0 Å². The topological polar surface area (TPSA) is 117 Å². The highest BCUT2D eigenvalue weighted by Crippen LogP contribution is 2.30. The lowest BCUT2D eigenvalue weighted by Gasteiger charge is -2.10. The molecule has 0 aliphatic rings. The first kappa shape index (κ1) is 19.3. The van der Waals surface area contributed by atoms with Crippen molar-refractivity contribution in [3.05, 3.63) is 73.3 Å². The van der Waals surface area contributed by atoms with E-state index in [2.05, 4.69) is 26.2 Å². The van der Waals surface area contributed by atoms with E-state index in [0.717, 1.165) is 4.47 Å². The molecule has 0 aliphatic heterocycles. The molecule has 0 radical (unpaired) electrons. The lowest BCUT2D eigenvalue weighted by molar-refractivity contribution is 0.0994. The van der Waals surface area contributed by atoms with Gasteiger partial charge in [-0.2, -0.15) is 0 Å². The average Bonchev–Trinajstić information content (AvgIpc) is 2.95. The molecule has 4 N–H and O–H groups in total. The maximum absolute atomic E-state index is 12.7. The zero-order valence-electron chi connectivity index (χ0n) is 13.6. The number of nitrogen functional groups attached to an aromatic ring is 1. The van der Waals surface area contributed by atoms with Crippen LogP contribution in [0.1, 0.15) is 32.0 Å². The van der Waals surface area contributed by atoms with E-state index in [9.17, 15) is 9.59 Å². The van der Waals surface area contributed by atoms with Crippen LogP contribution < -0.4 is 11.5 Å². The Balaban J connectivity index is 1.92. The number of aromatic nitrogens is 3. The molecule has 0 unspecified atom stereocenters. The molecule has 138 valence electrons. The van der Waals surface area contributed by atoms with Gasteiger partial charge in [-0.25, -0.2) is 4.68 Å². The molecule has 2 aromatic carbocycles. The van der Waals surface area contributed by atoms with Gasteiger partial charge in [0.2, 0.25) is 0 Å². The first-order valence-electron chi connectivity index (χ1n) is 7.55.